The number of carbonyl (C=O) groups is 2. The Bertz CT molecular complexity index is 558. The van der Waals surface area contributed by atoms with E-state index >= 15 is 0 Å². The average Bonchev–Trinajstić information content (AvgIpc) is 2.64. The fourth-order valence-electron chi connectivity index (χ4n) is 3.13. The largest absolute Gasteiger partial charge is 0.274 e. The van der Waals surface area contributed by atoms with Gasteiger partial charge in [0.15, 0.2) is 11.6 Å². The van der Waals surface area contributed by atoms with Crippen LogP contribution in [0.25, 0.3) is 0 Å². The smallest absolute Gasteiger partial charge is 0.237 e. The standard InChI is InChI=1S/C14H12BrF2NO2/c15-7-5-10(16)12(11(17)6-7)18-13(19)8-3-1-2-4-9(8)14(18)20/h5-6,8-9H,1-4H2. The number of benzene rings is 1. The zero-order valence-corrected chi connectivity index (χ0v) is 12.1. The number of rotatable bonds is 1. The van der Waals surface area contributed by atoms with Crippen molar-refractivity contribution in [3.63, 3.8) is 0 Å². The molecule has 2 aliphatic rings. The highest BCUT2D eigenvalue weighted by Gasteiger charge is 2.50. The van der Waals surface area contributed by atoms with Crippen LogP contribution < -0.4 is 4.90 Å². The zero-order chi connectivity index (χ0) is 14.4. The molecule has 6 heteroatoms. The lowest BCUT2D eigenvalue weighted by atomic mass is 9.81. The van der Waals surface area contributed by atoms with E-state index in [-0.39, 0.29) is 4.47 Å². The fraction of sp³-hybridized carbons (Fsp3) is 0.429. The molecule has 1 aromatic rings. The highest BCUT2D eigenvalue weighted by Crippen LogP contribution is 2.41. The number of carbonyl (C=O) groups excluding carboxylic acids is 2. The molecule has 0 aromatic heterocycles. The van der Waals surface area contributed by atoms with Gasteiger partial charge in [0, 0.05) is 4.47 Å². The predicted molar refractivity (Wildman–Crippen MR) is 72.0 cm³/mol. The van der Waals surface area contributed by atoms with Crippen molar-refractivity contribution in [2.24, 2.45) is 11.8 Å². The van der Waals surface area contributed by atoms with Gasteiger partial charge in [0.1, 0.15) is 5.69 Å². The van der Waals surface area contributed by atoms with Crippen molar-refractivity contribution >= 4 is 33.4 Å². The molecule has 0 radical (unpaired) electrons. The maximum atomic E-state index is 14.0. The minimum Gasteiger partial charge on any atom is -0.274 e. The minimum absolute atomic E-state index is 0.229. The van der Waals surface area contributed by atoms with E-state index in [0.29, 0.717) is 17.7 Å². The monoisotopic (exact) mass is 343 g/mol. The average molecular weight is 344 g/mol. The molecule has 1 saturated heterocycles. The third-order valence-electron chi connectivity index (χ3n) is 4.05. The predicted octanol–water partition coefficient (Wildman–Crippen LogP) is 3.41. The maximum absolute atomic E-state index is 14.0. The van der Waals surface area contributed by atoms with Gasteiger partial charge in [0.05, 0.1) is 11.8 Å². The Morgan fingerprint density at radius 1 is 1.00 bits per heavy atom. The number of anilines is 1. The highest BCUT2D eigenvalue weighted by molar-refractivity contribution is 9.10. The lowest BCUT2D eigenvalue weighted by Crippen LogP contribution is -2.32. The number of hydrogen-bond donors (Lipinski definition) is 0. The van der Waals surface area contributed by atoms with Gasteiger partial charge in [-0.2, -0.15) is 0 Å². The number of hydrogen-bond acceptors (Lipinski definition) is 2. The van der Waals surface area contributed by atoms with Gasteiger partial charge in [0.2, 0.25) is 11.8 Å². The maximum Gasteiger partial charge on any atom is 0.237 e. The van der Waals surface area contributed by atoms with Crippen molar-refractivity contribution in [2.45, 2.75) is 25.7 Å². The Morgan fingerprint density at radius 2 is 1.45 bits per heavy atom. The lowest BCUT2D eigenvalue weighted by Gasteiger charge is -2.19. The Labute approximate surface area is 123 Å². The molecule has 1 aromatic carbocycles. The second kappa shape index (κ2) is 4.91. The molecular weight excluding hydrogens is 332 g/mol. The van der Waals surface area contributed by atoms with E-state index in [1.165, 1.54) is 0 Å². The van der Waals surface area contributed by atoms with Crippen LogP contribution in [-0.2, 0) is 9.59 Å². The van der Waals surface area contributed by atoms with Crippen LogP contribution in [0, 0.1) is 23.5 Å². The van der Waals surface area contributed by atoms with Crippen LogP contribution >= 0.6 is 15.9 Å². The molecule has 1 heterocycles. The number of fused-ring (bicyclic) bond motifs is 1. The van der Waals surface area contributed by atoms with Crippen molar-refractivity contribution in [1.82, 2.24) is 0 Å². The van der Waals surface area contributed by atoms with Crippen LogP contribution in [0.1, 0.15) is 25.7 Å². The van der Waals surface area contributed by atoms with Crippen LogP contribution in [0.15, 0.2) is 16.6 Å². The first kappa shape index (κ1) is 13.7. The first-order valence-electron chi connectivity index (χ1n) is 6.53. The summed E-state index contributed by atoms with van der Waals surface area (Å²) in [6.07, 6.45) is 2.98. The minimum atomic E-state index is -0.905. The second-order valence-corrected chi connectivity index (χ2v) is 6.14. The first-order chi connectivity index (χ1) is 9.50. The summed E-state index contributed by atoms with van der Waals surface area (Å²) in [5.41, 5.74) is -0.544. The molecule has 3 nitrogen and oxygen atoms in total. The molecule has 106 valence electrons. The van der Waals surface area contributed by atoms with Crippen LogP contribution in [0.2, 0.25) is 0 Å². The number of nitrogens with zero attached hydrogens (tertiary/aromatic N) is 1. The first-order valence-corrected chi connectivity index (χ1v) is 7.32. The summed E-state index contributed by atoms with van der Waals surface area (Å²) in [7, 11) is 0. The molecule has 1 aliphatic carbocycles. The van der Waals surface area contributed by atoms with Crippen molar-refractivity contribution in [2.75, 3.05) is 4.90 Å². The third kappa shape index (κ3) is 1.97. The molecule has 1 aliphatic heterocycles. The van der Waals surface area contributed by atoms with Gasteiger partial charge < -0.3 is 0 Å². The molecular formula is C14H12BrF2NO2. The van der Waals surface area contributed by atoms with Crippen LogP contribution in [-0.4, -0.2) is 11.8 Å². The van der Waals surface area contributed by atoms with E-state index in [1.54, 1.807) is 0 Å². The summed E-state index contributed by atoms with van der Waals surface area (Å²) >= 11 is 2.98. The third-order valence-corrected chi connectivity index (χ3v) is 4.50. The quantitative estimate of drug-likeness (QED) is 0.733. The van der Waals surface area contributed by atoms with E-state index in [0.717, 1.165) is 25.0 Å². The molecule has 2 fully saturated rings. The van der Waals surface area contributed by atoms with Crippen molar-refractivity contribution in [3.05, 3.63) is 28.2 Å². The van der Waals surface area contributed by atoms with Gasteiger partial charge >= 0.3 is 0 Å². The summed E-state index contributed by atoms with van der Waals surface area (Å²) in [5, 5.41) is 0. The van der Waals surface area contributed by atoms with E-state index in [4.69, 9.17) is 0 Å². The summed E-state index contributed by atoms with van der Waals surface area (Å²) in [4.78, 5) is 25.3. The topological polar surface area (TPSA) is 37.4 Å². The van der Waals surface area contributed by atoms with Gasteiger partial charge in [0.25, 0.3) is 0 Å². The summed E-state index contributed by atoms with van der Waals surface area (Å²) < 4.78 is 28.2. The SMILES string of the molecule is O=C1C2CCCCC2C(=O)N1c1c(F)cc(Br)cc1F. The highest BCUT2D eigenvalue weighted by atomic mass is 79.9. The summed E-state index contributed by atoms with van der Waals surface area (Å²) in [6, 6.07) is 2.11. The Kier molecular flexibility index (Phi) is 3.36. The molecule has 0 spiro atoms. The van der Waals surface area contributed by atoms with Gasteiger partial charge in [-0.15, -0.1) is 0 Å². The molecule has 3 rings (SSSR count). The Hall–Kier alpha value is -1.30. The molecule has 20 heavy (non-hydrogen) atoms. The second-order valence-electron chi connectivity index (χ2n) is 5.23. The molecule has 2 atom stereocenters. The number of imide groups is 1. The fourth-order valence-corrected chi connectivity index (χ4v) is 3.53. The van der Waals surface area contributed by atoms with E-state index in [1.807, 2.05) is 0 Å². The Morgan fingerprint density at radius 3 is 1.90 bits per heavy atom. The molecule has 2 unspecified atom stereocenters. The van der Waals surface area contributed by atoms with E-state index in [2.05, 4.69) is 15.9 Å². The van der Waals surface area contributed by atoms with Gasteiger partial charge in [-0.1, -0.05) is 28.8 Å². The van der Waals surface area contributed by atoms with Gasteiger partial charge in [-0.25, -0.2) is 13.7 Å². The summed E-state index contributed by atoms with van der Waals surface area (Å²) in [5.74, 6) is -3.59. The molecule has 2 amide bonds. The molecule has 0 bridgehead atoms. The van der Waals surface area contributed by atoms with Crippen LogP contribution in [0.4, 0.5) is 14.5 Å². The van der Waals surface area contributed by atoms with Crippen LogP contribution in [0.5, 0.6) is 0 Å². The van der Waals surface area contributed by atoms with Gasteiger partial charge in [-0.3, -0.25) is 9.59 Å². The summed E-state index contributed by atoms with van der Waals surface area (Å²) in [6.45, 7) is 0. The van der Waals surface area contributed by atoms with Gasteiger partial charge in [-0.05, 0) is 25.0 Å². The Balaban J connectivity index is 2.06. The zero-order valence-electron chi connectivity index (χ0n) is 10.5. The number of amides is 2. The number of halogens is 3. The van der Waals surface area contributed by atoms with Crippen molar-refractivity contribution < 1.29 is 18.4 Å². The van der Waals surface area contributed by atoms with Crippen molar-refractivity contribution in [1.29, 1.82) is 0 Å². The lowest BCUT2D eigenvalue weighted by molar-refractivity contribution is -0.122. The van der Waals surface area contributed by atoms with E-state index < -0.39 is 41.0 Å². The molecule has 0 N–H and O–H groups in total. The van der Waals surface area contributed by atoms with Crippen molar-refractivity contribution in [3.8, 4) is 0 Å². The van der Waals surface area contributed by atoms with E-state index in [9.17, 15) is 18.4 Å². The van der Waals surface area contributed by atoms with Crippen LogP contribution in [0.3, 0.4) is 0 Å². The molecule has 1 saturated carbocycles. The normalized spacial score (nSPS) is 26.1.